The van der Waals surface area contributed by atoms with Gasteiger partial charge in [-0.25, -0.2) is 8.42 Å². The van der Waals surface area contributed by atoms with E-state index in [9.17, 15) is 28.2 Å². The van der Waals surface area contributed by atoms with Crippen molar-refractivity contribution in [3.8, 4) is 16.9 Å². The highest BCUT2D eigenvalue weighted by Crippen LogP contribution is 2.61. The number of benzene rings is 2. The van der Waals surface area contributed by atoms with E-state index < -0.39 is 46.0 Å². The first kappa shape index (κ1) is 42.9. The molecule has 14 heteroatoms. The van der Waals surface area contributed by atoms with E-state index in [1.54, 1.807) is 24.1 Å². The smallest absolute Gasteiger partial charge is 0.251 e. The van der Waals surface area contributed by atoms with E-state index in [4.69, 9.17) is 9.57 Å². The lowest BCUT2D eigenvalue weighted by Crippen LogP contribution is -2.62. The van der Waals surface area contributed by atoms with Crippen LogP contribution in [-0.2, 0) is 26.0 Å². The minimum absolute atomic E-state index is 0.0103. The first-order chi connectivity index (χ1) is 25.7. The van der Waals surface area contributed by atoms with Crippen LogP contribution in [0.2, 0.25) is 0 Å². The van der Waals surface area contributed by atoms with Gasteiger partial charge in [-0.3, -0.25) is 14.4 Å². The number of fused-ring (bicyclic) bond motifs is 2. The van der Waals surface area contributed by atoms with Crippen molar-refractivity contribution in [2.45, 2.75) is 84.3 Å². The average molecular weight is 786 g/mol. The molecule has 306 valence electrons. The number of sulfone groups is 1. The van der Waals surface area contributed by atoms with Crippen LogP contribution in [0.4, 0.5) is 5.69 Å². The van der Waals surface area contributed by atoms with Crippen molar-refractivity contribution in [2.24, 2.45) is 29.1 Å². The number of rotatable bonds is 16. The van der Waals surface area contributed by atoms with Crippen LogP contribution in [0.15, 0.2) is 36.4 Å². The number of nitrogens with one attached hydrogen (secondary N) is 2. The average Bonchev–Trinajstić information content (AvgIpc) is 3.47. The third kappa shape index (κ3) is 9.48. The van der Waals surface area contributed by atoms with Gasteiger partial charge in [-0.2, -0.15) is 5.06 Å². The van der Waals surface area contributed by atoms with Crippen LogP contribution in [0.25, 0.3) is 11.1 Å². The van der Waals surface area contributed by atoms with E-state index in [2.05, 4.69) is 31.4 Å². The topological polar surface area (TPSA) is 161 Å². The number of hydrogen-bond acceptors (Lipinski definition) is 11. The Morgan fingerprint density at radius 3 is 2.40 bits per heavy atom. The van der Waals surface area contributed by atoms with Crippen LogP contribution < -0.4 is 20.3 Å². The number of para-hydroxylation sites is 1. The second-order valence-corrected chi connectivity index (χ2v) is 19.3. The summed E-state index contributed by atoms with van der Waals surface area (Å²) >= 11 is 0. The molecule has 2 aromatic carbocycles. The highest BCUT2D eigenvalue weighted by atomic mass is 32.2. The van der Waals surface area contributed by atoms with Crippen molar-refractivity contribution in [1.29, 1.82) is 0 Å². The first-order valence-corrected chi connectivity index (χ1v) is 21.5. The molecule has 55 heavy (non-hydrogen) atoms. The minimum Gasteiger partial charge on any atom is -0.493 e. The molecule has 1 aliphatic heterocycles. The maximum absolute atomic E-state index is 14.3. The Morgan fingerprint density at radius 2 is 1.84 bits per heavy atom. The highest BCUT2D eigenvalue weighted by Gasteiger charge is 2.57. The van der Waals surface area contributed by atoms with Gasteiger partial charge in [0.1, 0.15) is 27.7 Å². The number of hydroxylamine groups is 2. The maximum atomic E-state index is 14.3. The van der Waals surface area contributed by atoms with Gasteiger partial charge in [0.05, 0.1) is 37.7 Å². The molecular formula is C41H63N5O8S. The summed E-state index contributed by atoms with van der Waals surface area (Å²) in [5.74, 6) is 0.429. The summed E-state index contributed by atoms with van der Waals surface area (Å²) in [7, 11) is 4.04. The van der Waals surface area contributed by atoms with Gasteiger partial charge in [-0.1, -0.05) is 39.0 Å². The van der Waals surface area contributed by atoms with Crippen molar-refractivity contribution in [3.05, 3.63) is 47.5 Å². The molecule has 2 unspecified atom stereocenters. The second-order valence-electron chi connectivity index (χ2n) is 17.1. The number of nitrogens with zero attached hydrogens (tertiary/aromatic N) is 3. The molecule has 3 aliphatic carbocycles. The van der Waals surface area contributed by atoms with Crippen LogP contribution >= 0.6 is 0 Å². The maximum Gasteiger partial charge on any atom is 0.251 e. The van der Waals surface area contributed by atoms with Crippen molar-refractivity contribution in [2.75, 3.05) is 64.9 Å². The molecule has 2 aromatic rings. The lowest BCUT2D eigenvalue weighted by Gasteiger charge is -2.62. The van der Waals surface area contributed by atoms with Crippen LogP contribution in [0.1, 0.15) is 63.4 Å². The zero-order valence-corrected chi connectivity index (χ0v) is 35.0. The summed E-state index contributed by atoms with van der Waals surface area (Å²) in [4.78, 5) is 38.1. The van der Waals surface area contributed by atoms with Crippen molar-refractivity contribution < 1.29 is 37.8 Å². The van der Waals surface area contributed by atoms with Gasteiger partial charge >= 0.3 is 0 Å². The number of ether oxygens (including phenoxy) is 1. The van der Waals surface area contributed by atoms with Gasteiger partial charge < -0.3 is 35.4 Å². The largest absolute Gasteiger partial charge is 0.493 e. The lowest BCUT2D eigenvalue weighted by molar-refractivity contribution is -0.183. The number of likely N-dealkylation sites (N-methyl/N-ethyl adjacent to an activating group) is 1. The summed E-state index contributed by atoms with van der Waals surface area (Å²) in [5, 5.41) is 29.2. The molecule has 1 heterocycles. The van der Waals surface area contributed by atoms with Crippen LogP contribution in [0, 0.1) is 29.1 Å². The fourth-order valence-corrected chi connectivity index (χ4v) is 10.2. The lowest BCUT2D eigenvalue weighted by atomic mass is 9.45. The molecule has 4 fully saturated rings. The molecular weight excluding hydrogens is 723 g/mol. The predicted molar refractivity (Wildman–Crippen MR) is 214 cm³/mol. The fourth-order valence-electron chi connectivity index (χ4n) is 9.27. The summed E-state index contributed by atoms with van der Waals surface area (Å²) in [6.45, 7) is 10.8. The van der Waals surface area contributed by atoms with E-state index in [1.165, 1.54) is 6.42 Å². The van der Waals surface area contributed by atoms with Gasteiger partial charge in [-0.05, 0) is 87.7 Å². The molecule has 13 nitrogen and oxygen atoms in total. The fraction of sp³-hybridized carbons (Fsp3) is 0.659. The Bertz CT molecular complexity index is 1800. The zero-order chi connectivity index (χ0) is 40.6. The highest BCUT2D eigenvalue weighted by molar-refractivity contribution is 7.90. The number of anilines is 1. The third-order valence-corrected chi connectivity index (χ3v) is 13.2. The number of carbonyl (C=O) groups excluding carboxylic acids is 2. The molecule has 4 aliphatic rings. The summed E-state index contributed by atoms with van der Waals surface area (Å²) in [6, 6.07) is 9.69. The van der Waals surface area contributed by atoms with E-state index in [1.807, 2.05) is 69.2 Å². The summed E-state index contributed by atoms with van der Waals surface area (Å²) in [6.07, 6.45) is 1.53. The van der Waals surface area contributed by atoms with Crippen LogP contribution in [-0.4, -0.2) is 131 Å². The van der Waals surface area contributed by atoms with Gasteiger partial charge in [0.15, 0.2) is 0 Å². The molecule has 4 N–H and O–H groups in total. The number of hydrogen-bond donors (Lipinski definition) is 4. The van der Waals surface area contributed by atoms with Gasteiger partial charge in [-0.15, -0.1) is 0 Å². The van der Waals surface area contributed by atoms with E-state index in [-0.39, 0.29) is 36.3 Å². The molecule has 0 aromatic heterocycles. The number of carbonyl (C=O) groups is 2. The summed E-state index contributed by atoms with van der Waals surface area (Å²) < 4.78 is 30.7. The van der Waals surface area contributed by atoms with Crippen LogP contribution in [0.3, 0.4) is 0 Å². The first-order valence-electron chi connectivity index (χ1n) is 19.5. The van der Waals surface area contributed by atoms with Crippen molar-refractivity contribution >= 4 is 27.3 Å². The Balaban J connectivity index is 1.48. The molecule has 9 atom stereocenters. The Labute approximate surface area is 327 Å². The molecule has 3 saturated carbocycles. The minimum atomic E-state index is -3.37. The molecule has 1 saturated heterocycles. The van der Waals surface area contributed by atoms with E-state index in [0.29, 0.717) is 53.3 Å². The van der Waals surface area contributed by atoms with Gasteiger partial charge in [0.2, 0.25) is 5.91 Å². The zero-order valence-electron chi connectivity index (χ0n) is 34.2. The predicted octanol–water partition coefficient (Wildman–Crippen LogP) is 3.18. The van der Waals surface area contributed by atoms with E-state index >= 15 is 0 Å². The summed E-state index contributed by atoms with van der Waals surface area (Å²) in [5.41, 5.74) is 3.50. The normalized spacial score (nSPS) is 27.3. The third-order valence-electron chi connectivity index (χ3n) is 12.2. The Morgan fingerprint density at radius 1 is 1.13 bits per heavy atom. The van der Waals surface area contributed by atoms with E-state index in [0.717, 1.165) is 23.9 Å². The standard InChI is InChI=1S/C41H63N5O8S/c1-11-53-38-26(20-46-37(36(25(3)48)35(22-47)54-46)40(50)43-34-19-29-18-33(24(34)2)41(29,4)5)13-12-14-32(38)27-15-28(17-31(16-27)45(8)9)39(49)42-30(21-44(6)7)23-55(10,51)52/h12-17,24-25,29-30,33-37,47-48H,11,18-23H2,1-10H3,(H,42,49)(H,43,50)/t24?,25-,29+,30?,33-,34-,35-,36+,37-/m0/s1. The molecule has 0 spiro atoms. The second kappa shape index (κ2) is 17.1. The van der Waals surface area contributed by atoms with Gasteiger partial charge in [0.25, 0.3) is 5.91 Å². The molecule has 2 bridgehead atoms. The molecule has 6 rings (SSSR count). The van der Waals surface area contributed by atoms with Crippen molar-refractivity contribution in [1.82, 2.24) is 20.6 Å². The quantitative estimate of drug-likeness (QED) is 0.198. The Hall–Kier alpha value is -3.27. The number of amides is 2. The number of aliphatic hydroxyl groups is 2. The monoisotopic (exact) mass is 785 g/mol. The van der Waals surface area contributed by atoms with Crippen molar-refractivity contribution in [3.63, 3.8) is 0 Å². The molecule has 0 radical (unpaired) electrons. The Kier molecular flexibility index (Phi) is 13.3. The SMILES string of the molecule is CCOc1c(CN2O[C@@H](CO)[C@@H]([C@H](C)O)[C@H]2C(=O)N[C@H]2C[C@H]3C[C@@H](C2C)C3(C)C)cccc1-c1cc(C(=O)NC(CN(C)C)CS(C)(=O)=O)cc(N(C)C)c1. The molecule has 2 amide bonds. The van der Waals surface area contributed by atoms with Gasteiger partial charge in [0, 0.05) is 61.2 Å². The number of aliphatic hydroxyl groups excluding tert-OH is 2. The van der Waals surface area contributed by atoms with Crippen LogP contribution in [0.5, 0.6) is 5.75 Å².